The van der Waals surface area contributed by atoms with Gasteiger partial charge in [0, 0.05) is 5.02 Å². The van der Waals surface area contributed by atoms with E-state index in [0.29, 0.717) is 17.4 Å². The van der Waals surface area contributed by atoms with Crippen molar-refractivity contribution in [3.63, 3.8) is 0 Å². The Bertz CT molecular complexity index is 1030. The molecule has 0 aliphatic heterocycles. The summed E-state index contributed by atoms with van der Waals surface area (Å²) in [5.41, 5.74) is 2.86. The molecular weight excluding hydrogens is 378 g/mol. The molecule has 0 saturated heterocycles. The first kappa shape index (κ1) is 19.3. The highest BCUT2D eigenvalue weighted by molar-refractivity contribution is 6.30. The number of nitriles is 1. The molecular formula is C26H22ClNO. The van der Waals surface area contributed by atoms with Crippen LogP contribution in [0.2, 0.25) is 5.02 Å². The predicted octanol–water partition coefficient (Wildman–Crippen LogP) is 7.62. The number of benzene rings is 3. The largest absolute Gasteiger partial charge is 0.457 e. The summed E-state index contributed by atoms with van der Waals surface area (Å²) in [7, 11) is 0. The lowest BCUT2D eigenvalue weighted by molar-refractivity contribution is 0.482. The second-order valence-electron chi connectivity index (χ2n) is 7.40. The molecule has 29 heavy (non-hydrogen) atoms. The van der Waals surface area contributed by atoms with Crippen LogP contribution in [-0.4, -0.2) is 0 Å². The normalized spacial score (nSPS) is 14.8. The van der Waals surface area contributed by atoms with E-state index in [-0.39, 0.29) is 0 Å². The van der Waals surface area contributed by atoms with Crippen LogP contribution in [0.1, 0.15) is 36.3 Å². The van der Waals surface area contributed by atoms with Gasteiger partial charge in [-0.3, -0.25) is 0 Å². The lowest BCUT2D eigenvalue weighted by atomic mass is 9.89. The Kier molecular flexibility index (Phi) is 5.98. The van der Waals surface area contributed by atoms with E-state index in [1.54, 1.807) is 0 Å². The van der Waals surface area contributed by atoms with Crippen LogP contribution in [0, 0.1) is 17.2 Å². The Morgan fingerprint density at radius 2 is 1.72 bits per heavy atom. The maximum absolute atomic E-state index is 9.76. The van der Waals surface area contributed by atoms with E-state index < -0.39 is 0 Å². The van der Waals surface area contributed by atoms with Crippen LogP contribution in [0.25, 0.3) is 5.57 Å². The van der Waals surface area contributed by atoms with Crippen LogP contribution in [0.4, 0.5) is 0 Å². The van der Waals surface area contributed by atoms with Gasteiger partial charge in [0.1, 0.15) is 11.5 Å². The van der Waals surface area contributed by atoms with Gasteiger partial charge in [0.25, 0.3) is 0 Å². The van der Waals surface area contributed by atoms with E-state index >= 15 is 0 Å². The maximum Gasteiger partial charge on any atom is 0.128 e. The summed E-state index contributed by atoms with van der Waals surface area (Å²) >= 11 is 6.05. The molecule has 2 nitrogen and oxygen atoms in total. The van der Waals surface area contributed by atoms with Crippen molar-refractivity contribution in [2.24, 2.45) is 5.92 Å². The first-order valence-electron chi connectivity index (χ1n) is 9.92. The van der Waals surface area contributed by atoms with Gasteiger partial charge in [0.05, 0.1) is 11.6 Å². The van der Waals surface area contributed by atoms with Crippen LogP contribution < -0.4 is 4.74 Å². The quantitative estimate of drug-likeness (QED) is 0.382. The molecule has 144 valence electrons. The first-order valence-corrected chi connectivity index (χ1v) is 10.3. The molecule has 0 bridgehead atoms. The zero-order valence-electron chi connectivity index (χ0n) is 16.1. The van der Waals surface area contributed by atoms with Crippen molar-refractivity contribution in [3.05, 3.63) is 101 Å². The fraction of sp³-hybridized carbons (Fsp3) is 0.192. The van der Waals surface area contributed by atoms with Gasteiger partial charge >= 0.3 is 0 Å². The topological polar surface area (TPSA) is 33.0 Å². The summed E-state index contributed by atoms with van der Waals surface area (Å²) in [6.07, 6.45) is 5.42. The van der Waals surface area contributed by atoms with Crippen molar-refractivity contribution in [2.45, 2.75) is 25.2 Å². The first-order chi connectivity index (χ1) is 14.2. The average Bonchev–Trinajstić information content (AvgIpc) is 3.58. The molecule has 0 aromatic heterocycles. The lowest BCUT2D eigenvalue weighted by Gasteiger charge is -2.15. The second kappa shape index (κ2) is 8.99. The molecule has 1 aliphatic rings. The summed E-state index contributed by atoms with van der Waals surface area (Å²) in [6.45, 7) is 0. The van der Waals surface area contributed by atoms with Crippen LogP contribution in [0.3, 0.4) is 0 Å². The number of hydrogen-bond donors (Lipinski definition) is 0. The van der Waals surface area contributed by atoms with Crippen molar-refractivity contribution < 1.29 is 4.74 Å². The van der Waals surface area contributed by atoms with Gasteiger partial charge in [-0.1, -0.05) is 60.1 Å². The van der Waals surface area contributed by atoms with Crippen LogP contribution >= 0.6 is 11.6 Å². The van der Waals surface area contributed by atoms with Crippen LogP contribution in [0.5, 0.6) is 11.5 Å². The van der Waals surface area contributed by atoms with Crippen LogP contribution in [-0.2, 0) is 0 Å². The standard InChI is InChI=1S/C26H22ClNO/c27-23-14-11-20(12-15-23)26(19-9-10-19)16-13-22(18-28)21-5-4-8-25(17-21)29-24-6-2-1-3-7-24/h1-8,11-15,17,19,26H,9-10,16H2. The number of rotatable bonds is 7. The van der Waals surface area contributed by atoms with Gasteiger partial charge in [-0.2, -0.15) is 5.26 Å². The summed E-state index contributed by atoms with van der Waals surface area (Å²) in [5.74, 6) is 2.63. The summed E-state index contributed by atoms with van der Waals surface area (Å²) in [4.78, 5) is 0. The molecule has 0 N–H and O–H groups in total. The third-order valence-corrected chi connectivity index (χ3v) is 5.56. The van der Waals surface area contributed by atoms with Crippen molar-refractivity contribution in [1.29, 1.82) is 5.26 Å². The third-order valence-electron chi connectivity index (χ3n) is 5.31. The monoisotopic (exact) mass is 399 g/mol. The molecule has 0 heterocycles. The summed E-state index contributed by atoms with van der Waals surface area (Å²) in [5, 5.41) is 10.5. The molecule has 3 aromatic carbocycles. The Labute approximate surface area is 177 Å². The van der Waals surface area contributed by atoms with E-state index in [4.69, 9.17) is 16.3 Å². The molecule has 1 unspecified atom stereocenters. The molecule has 1 aliphatic carbocycles. The Morgan fingerprint density at radius 3 is 2.41 bits per heavy atom. The zero-order valence-corrected chi connectivity index (χ0v) is 16.8. The Hall–Kier alpha value is -3.02. The second-order valence-corrected chi connectivity index (χ2v) is 7.84. The molecule has 3 aromatic rings. The SMILES string of the molecule is N#CC(=CCC(c1ccc(Cl)cc1)C1CC1)c1cccc(Oc2ccccc2)c1. The summed E-state index contributed by atoms with van der Waals surface area (Å²) < 4.78 is 5.92. The Morgan fingerprint density at radius 1 is 1.00 bits per heavy atom. The average molecular weight is 400 g/mol. The van der Waals surface area contributed by atoms with E-state index in [1.165, 1.54) is 18.4 Å². The van der Waals surface area contributed by atoms with Crippen molar-refractivity contribution >= 4 is 17.2 Å². The van der Waals surface area contributed by atoms with Gasteiger partial charge in [-0.05, 0) is 78.6 Å². The number of ether oxygens (including phenoxy) is 1. The number of para-hydroxylation sites is 1. The van der Waals surface area contributed by atoms with E-state index in [1.807, 2.05) is 66.7 Å². The molecule has 3 heteroatoms. The van der Waals surface area contributed by atoms with E-state index in [0.717, 1.165) is 28.5 Å². The van der Waals surface area contributed by atoms with Gasteiger partial charge in [-0.15, -0.1) is 0 Å². The predicted molar refractivity (Wildman–Crippen MR) is 118 cm³/mol. The fourth-order valence-corrected chi connectivity index (χ4v) is 3.76. The molecule has 0 spiro atoms. The maximum atomic E-state index is 9.76. The molecule has 1 atom stereocenters. The van der Waals surface area contributed by atoms with E-state index in [2.05, 4.69) is 24.3 Å². The number of allylic oxidation sites excluding steroid dienone is 2. The van der Waals surface area contributed by atoms with Gasteiger partial charge in [0.15, 0.2) is 0 Å². The van der Waals surface area contributed by atoms with Gasteiger partial charge < -0.3 is 4.74 Å². The molecule has 1 saturated carbocycles. The fourth-order valence-electron chi connectivity index (χ4n) is 3.63. The highest BCUT2D eigenvalue weighted by atomic mass is 35.5. The minimum Gasteiger partial charge on any atom is -0.457 e. The lowest BCUT2D eigenvalue weighted by Crippen LogP contribution is -2.00. The zero-order chi connectivity index (χ0) is 20.1. The highest BCUT2D eigenvalue weighted by Crippen LogP contribution is 2.45. The van der Waals surface area contributed by atoms with Crippen molar-refractivity contribution in [1.82, 2.24) is 0 Å². The van der Waals surface area contributed by atoms with Crippen molar-refractivity contribution in [2.75, 3.05) is 0 Å². The molecule has 4 rings (SSSR count). The molecule has 0 amide bonds. The minimum atomic E-state index is 0.430. The number of hydrogen-bond acceptors (Lipinski definition) is 2. The number of nitrogens with zero attached hydrogens (tertiary/aromatic N) is 1. The van der Waals surface area contributed by atoms with Crippen LogP contribution in [0.15, 0.2) is 84.9 Å². The van der Waals surface area contributed by atoms with Gasteiger partial charge in [-0.25, -0.2) is 0 Å². The number of halogens is 1. The summed E-state index contributed by atoms with van der Waals surface area (Å²) in [6, 6.07) is 27.9. The minimum absolute atomic E-state index is 0.430. The van der Waals surface area contributed by atoms with Crippen molar-refractivity contribution in [3.8, 4) is 17.6 Å². The third kappa shape index (κ3) is 5.08. The molecule has 1 fully saturated rings. The Balaban J connectivity index is 1.53. The van der Waals surface area contributed by atoms with Gasteiger partial charge in [0.2, 0.25) is 0 Å². The molecule has 0 radical (unpaired) electrons. The highest BCUT2D eigenvalue weighted by Gasteiger charge is 2.31. The van der Waals surface area contributed by atoms with E-state index in [9.17, 15) is 5.26 Å². The smallest absolute Gasteiger partial charge is 0.128 e.